The van der Waals surface area contributed by atoms with Crippen LogP contribution in [0.4, 0.5) is 0 Å². The molecule has 3 aromatic rings. The topological polar surface area (TPSA) is 17.0 Å². The van der Waals surface area contributed by atoms with E-state index in [9.17, 15) is 0 Å². The molecular formula is C25H30N2. The summed E-state index contributed by atoms with van der Waals surface area (Å²) < 4.78 is 2.44. The van der Waals surface area contributed by atoms with Crippen molar-refractivity contribution in [2.75, 3.05) is 0 Å². The van der Waals surface area contributed by atoms with Gasteiger partial charge in [-0.3, -0.25) is 0 Å². The van der Waals surface area contributed by atoms with Crippen LogP contribution in [0.25, 0.3) is 21.8 Å². The van der Waals surface area contributed by atoms with E-state index >= 15 is 0 Å². The Kier molecular flexibility index (Phi) is 3.66. The van der Waals surface area contributed by atoms with E-state index in [1.54, 1.807) is 0 Å². The van der Waals surface area contributed by atoms with Gasteiger partial charge in [-0.25, -0.2) is 0 Å². The molecule has 0 spiro atoms. The van der Waals surface area contributed by atoms with E-state index in [4.69, 9.17) is 0 Å². The predicted molar refractivity (Wildman–Crippen MR) is 113 cm³/mol. The van der Waals surface area contributed by atoms with Crippen molar-refractivity contribution in [2.24, 2.45) is 23.7 Å². The highest BCUT2D eigenvalue weighted by molar-refractivity contribution is 6.08. The lowest BCUT2D eigenvalue weighted by molar-refractivity contribution is -0.0142. The molecule has 4 saturated carbocycles. The summed E-state index contributed by atoms with van der Waals surface area (Å²) in [5, 5.41) is 6.82. The monoisotopic (exact) mass is 358 g/mol. The smallest absolute Gasteiger partial charge is 0.0491 e. The number of aromatic nitrogens is 1. The van der Waals surface area contributed by atoms with Crippen molar-refractivity contribution in [2.45, 2.75) is 58.2 Å². The van der Waals surface area contributed by atoms with E-state index in [1.807, 2.05) is 0 Å². The number of nitrogens with zero attached hydrogens (tertiary/aromatic N) is 1. The molecular weight excluding hydrogens is 328 g/mol. The fraction of sp³-hybridized carbons (Fsp3) is 0.520. The SMILES string of the molecule is CCn1c2ccccc2c2cc(CNC3C4CC5CC(C4)CC3C5)ccc21. The zero-order valence-electron chi connectivity index (χ0n) is 16.3. The Morgan fingerprint density at radius 3 is 2.30 bits per heavy atom. The lowest BCUT2D eigenvalue weighted by atomic mass is 9.54. The summed E-state index contributed by atoms with van der Waals surface area (Å²) in [7, 11) is 0. The van der Waals surface area contributed by atoms with E-state index in [0.29, 0.717) is 0 Å². The molecule has 2 nitrogen and oxygen atoms in total. The lowest BCUT2D eigenvalue weighted by Gasteiger charge is -2.54. The van der Waals surface area contributed by atoms with Gasteiger partial charge in [0, 0.05) is 40.9 Å². The second-order valence-electron chi connectivity index (χ2n) is 9.45. The molecule has 7 rings (SSSR count). The number of rotatable bonds is 4. The highest BCUT2D eigenvalue weighted by Gasteiger charge is 2.47. The number of fused-ring (bicyclic) bond motifs is 3. The Hall–Kier alpha value is -1.80. The van der Waals surface area contributed by atoms with Gasteiger partial charge in [-0.2, -0.15) is 0 Å². The van der Waals surface area contributed by atoms with Gasteiger partial charge in [-0.1, -0.05) is 24.3 Å². The Labute approximate surface area is 161 Å². The fourth-order valence-corrected chi connectivity index (χ4v) is 7.05. The van der Waals surface area contributed by atoms with Gasteiger partial charge in [0.25, 0.3) is 0 Å². The van der Waals surface area contributed by atoms with Gasteiger partial charge in [0.15, 0.2) is 0 Å². The minimum Gasteiger partial charge on any atom is -0.341 e. The summed E-state index contributed by atoms with van der Waals surface area (Å²) >= 11 is 0. The third-order valence-corrected chi connectivity index (χ3v) is 7.92. The minimum absolute atomic E-state index is 0.769. The largest absolute Gasteiger partial charge is 0.341 e. The molecule has 0 atom stereocenters. The van der Waals surface area contributed by atoms with Crippen molar-refractivity contribution in [1.29, 1.82) is 0 Å². The maximum atomic E-state index is 4.01. The molecule has 2 aromatic carbocycles. The van der Waals surface area contributed by atoms with Gasteiger partial charge in [0.05, 0.1) is 0 Å². The quantitative estimate of drug-likeness (QED) is 0.630. The maximum Gasteiger partial charge on any atom is 0.0491 e. The molecule has 0 radical (unpaired) electrons. The molecule has 4 bridgehead atoms. The van der Waals surface area contributed by atoms with Gasteiger partial charge in [-0.15, -0.1) is 0 Å². The van der Waals surface area contributed by atoms with Gasteiger partial charge in [0.2, 0.25) is 0 Å². The van der Waals surface area contributed by atoms with Crippen molar-refractivity contribution in [1.82, 2.24) is 9.88 Å². The molecule has 2 heteroatoms. The normalized spacial score (nSPS) is 32.0. The first-order valence-corrected chi connectivity index (χ1v) is 11.0. The maximum absolute atomic E-state index is 4.01. The molecule has 0 saturated heterocycles. The second-order valence-corrected chi connectivity index (χ2v) is 9.45. The van der Waals surface area contributed by atoms with Crippen LogP contribution in [0.3, 0.4) is 0 Å². The van der Waals surface area contributed by atoms with Crippen molar-refractivity contribution >= 4 is 21.8 Å². The molecule has 0 unspecified atom stereocenters. The summed E-state index contributed by atoms with van der Waals surface area (Å²) in [6.07, 6.45) is 7.51. The van der Waals surface area contributed by atoms with Crippen LogP contribution in [0.15, 0.2) is 42.5 Å². The van der Waals surface area contributed by atoms with Crippen LogP contribution in [-0.4, -0.2) is 10.6 Å². The van der Waals surface area contributed by atoms with Gasteiger partial charge >= 0.3 is 0 Å². The molecule has 140 valence electrons. The molecule has 1 heterocycles. The van der Waals surface area contributed by atoms with Crippen LogP contribution >= 0.6 is 0 Å². The minimum atomic E-state index is 0.769. The number of nitrogens with one attached hydrogen (secondary N) is 1. The Morgan fingerprint density at radius 2 is 1.56 bits per heavy atom. The van der Waals surface area contributed by atoms with Crippen molar-refractivity contribution in [3.63, 3.8) is 0 Å². The average Bonchev–Trinajstić information content (AvgIpc) is 3.00. The fourth-order valence-electron chi connectivity index (χ4n) is 7.05. The third kappa shape index (κ3) is 2.49. The zero-order chi connectivity index (χ0) is 18.0. The molecule has 0 aliphatic heterocycles. The molecule has 27 heavy (non-hydrogen) atoms. The predicted octanol–water partition coefficient (Wildman–Crippen LogP) is 5.73. The second kappa shape index (κ2) is 6.10. The van der Waals surface area contributed by atoms with Crippen LogP contribution in [0.5, 0.6) is 0 Å². The Balaban J connectivity index is 1.29. The van der Waals surface area contributed by atoms with Crippen LogP contribution in [0.2, 0.25) is 0 Å². The molecule has 1 N–H and O–H groups in total. The van der Waals surface area contributed by atoms with Crippen LogP contribution < -0.4 is 5.32 Å². The highest BCUT2D eigenvalue weighted by atomic mass is 15.0. The van der Waals surface area contributed by atoms with E-state index in [0.717, 1.165) is 42.8 Å². The first kappa shape index (κ1) is 16.2. The first-order valence-electron chi connectivity index (χ1n) is 11.0. The average molecular weight is 359 g/mol. The van der Waals surface area contributed by atoms with E-state index in [1.165, 1.54) is 59.5 Å². The summed E-state index contributed by atoms with van der Waals surface area (Å²) in [4.78, 5) is 0. The van der Waals surface area contributed by atoms with Crippen molar-refractivity contribution in [3.8, 4) is 0 Å². The van der Waals surface area contributed by atoms with Gasteiger partial charge in [-0.05, 0) is 86.5 Å². The van der Waals surface area contributed by atoms with Crippen molar-refractivity contribution in [3.05, 3.63) is 48.0 Å². The van der Waals surface area contributed by atoms with Crippen molar-refractivity contribution < 1.29 is 0 Å². The number of hydrogen-bond donors (Lipinski definition) is 1. The number of hydrogen-bond acceptors (Lipinski definition) is 1. The lowest BCUT2D eigenvalue weighted by Crippen LogP contribution is -2.54. The van der Waals surface area contributed by atoms with E-state index in [-0.39, 0.29) is 0 Å². The number of benzene rings is 2. The van der Waals surface area contributed by atoms with E-state index < -0.39 is 0 Å². The summed E-state index contributed by atoms with van der Waals surface area (Å²) in [6, 6.07) is 16.7. The third-order valence-electron chi connectivity index (χ3n) is 7.92. The van der Waals surface area contributed by atoms with Crippen LogP contribution in [-0.2, 0) is 13.1 Å². The van der Waals surface area contributed by atoms with Gasteiger partial charge < -0.3 is 9.88 Å². The molecule has 1 aromatic heterocycles. The number of para-hydroxylation sites is 1. The van der Waals surface area contributed by atoms with Crippen LogP contribution in [0, 0.1) is 23.7 Å². The Bertz CT molecular complexity index is 970. The number of aryl methyl sites for hydroxylation is 1. The van der Waals surface area contributed by atoms with Crippen LogP contribution in [0.1, 0.15) is 44.6 Å². The molecule has 4 aliphatic carbocycles. The summed E-state index contributed by atoms with van der Waals surface area (Å²) in [5.41, 5.74) is 4.17. The Morgan fingerprint density at radius 1 is 0.852 bits per heavy atom. The first-order chi connectivity index (χ1) is 13.3. The molecule has 0 amide bonds. The standard InChI is InChI=1S/C25H30N2/c1-2-27-23-6-4-3-5-21(23)22-14-16(7-8-24(22)27)15-26-25-19-10-17-9-18(12-19)13-20(25)11-17/h3-8,14,17-20,25-26H,2,9-13,15H2,1H3. The van der Waals surface area contributed by atoms with E-state index in [2.05, 4.69) is 59.3 Å². The summed E-state index contributed by atoms with van der Waals surface area (Å²) in [6.45, 7) is 4.29. The molecule has 4 fully saturated rings. The molecule has 4 aliphatic rings. The highest BCUT2D eigenvalue weighted by Crippen LogP contribution is 2.53. The zero-order valence-corrected chi connectivity index (χ0v) is 16.3. The van der Waals surface area contributed by atoms with Gasteiger partial charge in [0.1, 0.15) is 0 Å². The summed E-state index contributed by atoms with van der Waals surface area (Å²) in [5.74, 6) is 4.02.